The number of methoxy groups -OCH3 is 2. The highest BCUT2D eigenvalue weighted by atomic mass is 35.5. The van der Waals surface area contributed by atoms with Gasteiger partial charge in [-0.25, -0.2) is 0 Å². The Bertz CT molecular complexity index is 482. The molecule has 1 atom stereocenters. The Morgan fingerprint density at radius 2 is 1.89 bits per heavy atom. The third-order valence-corrected chi connectivity index (χ3v) is 3.55. The van der Waals surface area contributed by atoms with E-state index in [1.54, 1.807) is 18.2 Å². The first-order valence-corrected chi connectivity index (χ1v) is 5.86. The van der Waals surface area contributed by atoms with Gasteiger partial charge < -0.3 is 9.47 Å². The second-order valence-corrected chi connectivity index (χ2v) is 4.70. The summed E-state index contributed by atoms with van der Waals surface area (Å²) in [7, 11) is 2.53. The van der Waals surface area contributed by atoms with Crippen molar-refractivity contribution in [2.75, 3.05) is 14.2 Å². The SMILES string of the molecule is COC(=O)C1(C(=O)OC)CC1c1cccc(Cl)c1. The Hall–Kier alpha value is -1.55. The van der Waals surface area contributed by atoms with Crippen LogP contribution in [-0.4, -0.2) is 26.2 Å². The molecule has 0 amide bonds. The van der Waals surface area contributed by atoms with Crippen LogP contribution in [0.2, 0.25) is 5.02 Å². The van der Waals surface area contributed by atoms with Gasteiger partial charge in [0.2, 0.25) is 0 Å². The second kappa shape index (κ2) is 4.61. The highest BCUT2D eigenvalue weighted by Gasteiger charge is 2.68. The largest absolute Gasteiger partial charge is 0.468 e. The summed E-state index contributed by atoms with van der Waals surface area (Å²) in [6, 6.07) is 7.12. The Labute approximate surface area is 110 Å². The van der Waals surface area contributed by atoms with E-state index in [4.69, 9.17) is 21.1 Å². The summed E-state index contributed by atoms with van der Waals surface area (Å²) < 4.78 is 9.42. The number of hydrogen-bond acceptors (Lipinski definition) is 4. The van der Waals surface area contributed by atoms with Crippen LogP contribution in [0.25, 0.3) is 0 Å². The predicted octanol–water partition coefficient (Wildman–Crippen LogP) is 2.16. The average Bonchev–Trinajstić information content (AvgIpc) is 3.13. The first-order chi connectivity index (χ1) is 8.56. The maximum atomic E-state index is 11.8. The van der Waals surface area contributed by atoms with Crippen molar-refractivity contribution in [1.29, 1.82) is 0 Å². The van der Waals surface area contributed by atoms with Gasteiger partial charge in [-0.2, -0.15) is 0 Å². The minimum atomic E-state index is -1.20. The fraction of sp³-hybridized carbons (Fsp3) is 0.385. The van der Waals surface area contributed by atoms with Crippen molar-refractivity contribution >= 4 is 23.5 Å². The standard InChI is InChI=1S/C13H13ClO4/c1-17-11(15)13(12(16)18-2)7-10(13)8-4-3-5-9(14)6-8/h3-6,10H,7H2,1-2H3. The quantitative estimate of drug-likeness (QED) is 0.623. The fourth-order valence-electron chi connectivity index (χ4n) is 2.29. The molecule has 18 heavy (non-hydrogen) atoms. The van der Waals surface area contributed by atoms with Crippen LogP contribution in [-0.2, 0) is 19.1 Å². The first-order valence-electron chi connectivity index (χ1n) is 5.48. The van der Waals surface area contributed by atoms with Crippen molar-refractivity contribution in [1.82, 2.24) is 0 Å². The summed E-state index contributed by atoms with van der Waals surface area (Å²) in [4.78, 5) is 23.6. The summed E-state index contributed by atoms with van der Waals surface area (Å²) in [6.45, 7) is 0. The zero-order chi connectivity index (χ0) is 13.3. The lowest BCUT2D eigenvalue weighted by Gasteiger charge is -2.12. The van der Waals surface area contributed by atoms with Gasteiger partial charge in [0.1, 0.15) is 0 Å². The number of hydrogen-bond donors (Lipinski definition) is 0. The molecular formula is C13H13ClO4. The molecule has 1 aliphatic rings. The predicted molar refractivity (Wildman–Crippen MR) is 65.3 cm³/mol. The van der Waals surface area contributed by atoms with E-state index in [0.29, 0.717) is 11.4 Å². The van der Waals surface area contributed by atoms with Gasteiger partial charge in [0.25, 0.3) is 0 Å². The van der Waals surface area contributed by atoms with E-state index in [1.807, 2.05) is 6.07 Å². The van der Waals surface area contributed by atoms with Crippen LogP contribution in [0.15, 0.2) is 24.3 Å². The molecule has 2 rings (SSSR count). The van der Waals surface area contributed by atoms with Gasteiger partial charge in [0.15, 0.2) is 5.41 Å². The molecule has 1 aliphatic carbocycles. The highest BCUT2D eigenvalue weighted by Crippen LogP contribution is 2.60. The molecular weight excluding hydrogens is 256 g/mol. The van der Waals surface area contributed by atoms with E-state index in [1.165, 1.54) is 14.2 Å². The van der Waals surface area contributed by atoms with E-state index in [0.717, 1.165) is 5.56 Å². The lowest BCUT2D eigenvalue weighted by Crippen LogP contribution is -2.30. The molecule has 1 aromatic rings. The average molecular weight is 269 g/mol. The van der Waals surface area contributed by atoms with Gasteiger partial charge in [-0.1, -0.05) is 23.7 Å². The zero-order valence-electron chi connectivity index (χ0n) is 10.1. The molecule has 0 aromatic heterocycles. The molecule has 0 radical (unpaired) electrons. The monoisotopic (exact) mass is 268 g/mol. The summed E-state index contributed by atoms with van der Waals surface area (Å²) in [6.07, 6.45) is 0.396. The number of benzene rings is 1. The molecule has 0 N–H and O–H groups in total. The van der Waals surface area contributed by atoms with Crippen molar-refractivity contribution in [2.24, 2.45) is 5.41 Å². The molecule has 1 fully saturated rings. The highest BCUT2D eigenvalue weighted by molar-refractivity contribution is 6.30. The molecule has 0 bridgehead atoms. The topological polar surface area (TPSA) is 52.6 Å². The van der Waals surface area contributed by atoms with E-state index < -0.39 is 17.4 Å². The maximum absolute atomic E-state index is 11.8. The van der Waals surface area contributed by atoms with Crippen LogP contribution in [0.4, 0.5) is 0 Å². The van der Waals surface area contributed by atoms with E-state index >= 15 is 0 Å². The summed E-state index contributed by atoms with van der Waals surface area (Å²) in [5.74, 6) is -1.34. The third-order valence-electron chi connectivity index (χ3n) is 3.31. The van der Waals surface area contributed by atoms with Crippen LogP contribution >= 0.6 is 11.6 Å². The van der Waals surface area contributed by atoms with E-state index in [-0.39, 0.29) is 5.92 Å². The van der Waals surface area contributed by atoms with Crippen LogP contribution < -0.4 is 0 Å². The van der Waals surface area contributed by atoms with Gasteiger partial charge in [-0.3, -0.25) is 9.59 Å². The molecule has 0 saturated heterocycles. The van der Waals surface area contributed by atoms with E-state index in [9.17, 15) is 9.59 Å². The van der Waals surface area contributed by atoms with Crippen molar-refractivity contribution in [3.05, 3.63) is 34.9 Å². The Morgan fingerprint density at radius 3 is 2.39 bits per heavy atom. The summed E-state index contributed by atoms with van der Waals surface area (Å²) in [5.41, 5.74) is -0.355. The van der Waals surface area contributed by atoms with Gasteiger partial charge in [0.05, 0.1) is 14.2 Å². The minimum absolute atomic E-state index is 0.226. The summed E-state index contributed by atoms with van der Waals surface area (Å²) in [5, 5.41) is 0.572. The number of rotatable bonds is 3. The van der Waals surface area contributed by atoms with Gasteiger partial charge in [-0.15, -0.1) is 0 Å². The molecule has 0 aliphatic heterocycles. The van der Waals surface area contributed by atoms with Crippen LogP contribution in [0.5, 0.6) is 0 Å². The third kappa shape index (κ3) is 1.86. The number of esters is 2. The molecule has 1 saturated carbocycles. The molecule has 5 heteroatoms. The minimum Gasteiger partial charge on any atom is -0.468 e. The molecule has 0 heterocycles. The number of ether oxygens (including phenoxy) is 2. The lowest BCUT2D eigenvalue weighted by atomic mass is 9.99. The Kier molecular flexibility index (Phi) is 3.30. The number of carbonyl (C=O) groups is 2. The summed E-state index contributed by atoms with van der Waals surface area (Å²) >= 11 is 5.90. The van der Waals surface area contributed by atoms with Crippen molar-refractivity contribution < 1.29 is 19.1 Å². The molecule has 4 nitrogen and oxygen atoms in total. The first kappa shape index (κ1) is 12.9. The van der Waals surface area contributed by atoms with Gasteiger partial charge >= 0.3 is 11.9 Å². The molecule has 0 spiro atoms. The van der Waals surface area contributed by atoms with Crippen LogP contribution in [0, 0.1) is 5.41 Å². The Morgan fingerprint density at radius 1 is 1.28 bits per heavy atom. The van der Waals surface area contributed by atoms with Crippen LogP contribution in [0.1, 0.15) is 17.9 Å². The van der Waals surface area contributed by atoms with Crippen LogP contribution in [0.3, 0.4) is 0 Å². The number of halogens is 1. The smallest absolute Gasteiger partial charge is 0.323 e. The molecule has 1 unspecified atom stereocenters. The van der Waals surface area contributed by atoms with Crippen molar-refractivity contribution in [2.45, 2.75) is 12.3 Å². The molecule has 1 aromatic carbocycles. The fourth-order valence-corrected chi connectivity index (χ4v) is 2.49. The van der Waals surface area contributed by atoms with Gasteiger partial charge in [-0.05, 0) is 24.1 Å². The maximum Gasteiger partial charge on any atom is 0.323 e. The zero-order valence-corrected chi connectivity index (χ0v) is 10.9. The lowest BCUT2D eigenvalue weighted by molar-refractivity contribution is -0.161. The van der Waals surface area contributed by atoms with Gasteiger partial charge in [0, 0.05) is 10.9 Å². The normalized spacial score (nSPS) is 20.1. The van der Waals surface area contributed by atoms with Crippen molar-refractivity contribution in [3.8, 4) is 0 Å². The number of carbonyl (C=O) groups excluding carboxylic acids is 2. The van der Waals surface area contributed by atoms with E-state index in [2.05, 4.69) is 0 Å². The molecule has 96 valence electrons. The Balaban J connectivity index is 2.33. The van der Waals surface area contributed by atoms with Crippen molar-refractivity contribution in [3.63, 3.8) is 0 Å². The second-order valence-electron chi connectivity index (χ2n) is 4.27.